The maximum atomic E-state index is 12.2. The molecule has 1 fully saturated rings. The summed E-state index contributed by atoms with van der Waals surface area (Å²) < 4.78 is 31.5. The standard InChI is InChI=1S/C20H35N5O3S.HI/c1-4-13-28-19-8-7-17(15-22-19)16-23-20(21-6-3)24-18-9-11-25(12-10-18)29(26,27)14-5-2;/h7-8,15,18H,4-6,9-14,16H2,1-3H3,(H2,21,23,24);1H. The molecule has 0 unspecified atom stereocenters. The summed E-state index contributed by atoms with van der Waals surface area (Å²) in [6.45, 7) is 9.04. The van der Waals surface area contributed by atoms with Crippen LogP contribution in [0.5, 0.6) is 5.88 Å². The molecule has 2 rings (SSSR count). The van der Waals surface area contributed by atoms with E-state index in [9.17, 15) is 8.42 Å². The van der Waals surface area contributed by atoms with E-state index in [0.29, 0.717) is 38.5 Å². The summed E-state index contributed by atoms with van der Waals surface area (Å²) in [5, 5.41) is 6.71. The molecular weight excluding hydrogens is 517 g/mol. The first kappa shape index (κ1) is 26.9. The van der Waals surface area contributed by atoms with Crippen LogP contribution in [0.4, 0.5) is 0 Å². The van der Waals surface area contributed by atoms with Crippen molar-refractivity contribution in [2.75, 3.05) is 32.0 Å². The number of halogens is 1. The highest BCUT2D eigenvalue weighted by atomic mass is 127. The van der Waals surface area contributed by atoms with Crippen LogP contribution >= 0.6 is 24.0 Å². The van der Waals surface area contributed by atoms with Gasteiger partial charge in [0.1, 0.15) is 0 Å². The van der Waals surface area contributed by atoms with Gasteiger partial charge in [-0.05, 0) is 38.2 Å². The molecule has 0 atom stereocenters. The van der Waals surface area contributed by atoms with E-state index in [1.807, 2.05) is 26.0 Å². The maximum absolute atomic E-state index is 12.2. The van der Waals surface area contributed by atoms with Gasteiger partial charge in [0.2, 0.25) is 15.9 Å². The number of pyridine rings is 1. The lowest BCUT2D eigenvalue weighted by atomic mass is 10.1. The second-order valence-electron chi connectivity index (χ2n) is 7.18. The van der Waals surface area contributed by atoms with Crippen LogP contribution in [0.25, 0.3) is 0 Å². The fourth-order valence-electron chi connectivity index (χ4n) is 3.15. The van der Waals surface area contributed by atoms with Crippen LogP contribution in [0.1, 0.15) is 52.0 Å². The molecule has 0 saturated carbocycles. The van der Waals surface area contributed by atoms with Crippen molar-refractivity contribution in [2.24, 2.45) is 4.99 Å². The Balaban J connectivity index is 0.00000450. The van der Waals surface area contributed by atoms with Gasteiger partial charge in [0.15, 0.2) is 5.96 Å². The second-order valence-corrected chi connectivity index (χ2v) is 9.27. The number of hydrogen-bond donors (Lipinski definition) is 2. The van der Waals surface area contributed by atoms with E-state index < -0.39 is 10.0 Å². The number of aromatic nitrogens is 1. The molecule has 2 N–H and O–H groups in total. The van der Waals surface area contributed by atoms with Crippen molar-refractivity contribution in [3.8, 4) is 5.88 Å². The molecular formula is C20H36IN5O3S. The van der Waals surface area contributed by atoms with Gasteiger partial charge in [-0.1, -0.05) is 19.9 Å². The number of sulfonamides is 1. The van der Waals surface area contributed by atoms with E-state index >= 15 is 0 Å². The van der Waals surface area contributed by atoms with Crippen LogP contribution in [0.2, 0.25) is 0 Å². The van der Waals surface area contributed by atoms with Crippen LogP contribution < -0.4 is 15.4 Å². The molecule has 10 heteroatoms. The fraction of sp³-hybridized carbons (Fsp3) is 0.700. The number of aliphatic imine (C=N–C) groups is 1. The summed E-state index contributed by atoms with van der Waals surface area (Å²) in [5.41, 5.74) is 1.01. The van der Waals surface area contributed by atoms with E-state index in [-0.39, 0.29) is 35.8 Å². The molecule has 1 aliphatic heterocycles. The van der Waals surface area contributed by atoms with Crippen LogP contribution in [-0.2, 0) is 16.6 Å². The van der Waals surface area contributed by atoms with Gasteiger partial charge in [0.25, 0.3) is 0 Å². The molecule has 1 aliphatic rings. The zero-order valence-corrected chi connectivity index (χ0v) is 21.4. The predicted molar refractivity (Wildman–Crippen MR) is 132 cm³/mol. The minimum atomic E-state index is -3.11. The minimum absolute atomic E-state index is 0. The predicted octanol–water partition coefficient (Wildman–Crippen LogP) is 2.75. The van der Waals surface area contributed by atoms with E-state index in [1.54, 1.807) is 10.5 Å². The minimum Gasteiger partial charge on any atom is -0.478 e. The van der Waals surface area contributed by atoms with Crippen LogP contribution in [0, 0.1) is 0 Å². The number of ether oxygens (including phenoxy) is 1. The zero-order valence-electron chi connectivity index (χ0n) is 18.3. The lowest BCUT2D eigenvalue weighted by Crippen LogP contribution is -2.50. The zero-order chi connectivity index (χ0) is 21.1. The number of rotatable bonds is 10. The molecule has 0 aliphatic carbocycles. The van der Waals surface area contributed by atoms with Gasteiger partial charge in [0.05, 0.1) is 18.9 Å². The van der Waals surface area contributed by atoms with Crippen molar-refractivity contribution in [1.29, 1.82) is 0 Å². The molecule has 0 bridgehead atoms. The Labute approximate surface area is 198 Å². The van der Waals surface area contributed by atoms with Crippen LogP contribution in [0.3, 0.4) is 0 Å². The third-order valence-corrected chi connectivity index (χ3v) is 6.74. The molecule has 172 valence electrons. The quantitative estimate of drug-likeness (QED) is 0.263. The topological polar surface area (TPSA) is 95.9 Å². The molecule has 1 aromatic heterocycles. The molecule has 1 aromatic rings. The summed E-state index contributed by atoms with van der Waals surface area (Å²) in [6, 6.07) is 4.05. The number of piperidine rings is 1. The Morgan fingerprint density at radius 2 is 1.97 bits per heavy atom. The average molecular weight is 554 g/mol. The normalized spacial score (nSPS) is 16.0. The first-order valence-corrected chi connectivity index (χ1v) is 12.2. The third kappa shape index (κ3) is 8.93. The van der Waals surface area contributed by atoms with Gasteiger partial charge in [-0.15, -0.1) is 24.0 Å². The molecule has 0 spiro atoms. The molecule has 0 radical (unpaired) electrons. The van der Waals surface area contributed by atoms with Gasteiger partial charge >= 0.3 is 0 Å². The fourth-order valence-corrected chi connectivity index (χ4v) is 4.69. The summed E-state index contributed by atoms with van der Waals surface area (Å²) in [5.74, 6) is 1.61. The van der Waals surface area contributed by atoms with Gasteiger partial charge in [-0.3, -0.25) is 0 Å². The van der Waals surface area contributed by atoms with Crippen molar-refractivity contribution in [3.05, 3.63) is 23.9 Å². The smallest absolute Gasteiger partial charge is 0.214 e. The van der Waals surface area contributed by atoms with Crippen molar-refractivity contribution >= 4 is 40.0 Å². The van der Waals surface area contributed by atoms with Crippen molar-refractivity contribution in [1.82, 2.24) is 19.9 Å². The second kappa shape index (κ2) is 14.0. The Hall–Kier alpha value is -1.14. The molecule has 8 nitrogen and oxygen atoms in total. The van der Waals surface area contributed by atoms with Crippen LogP contribution in [-0.4, -0.2) is 61.7 Å². The molecule has 0 aromatic carbocycles. The Morgan fingerprint density at radius 1 is 1.23 bits per heavy atom. The van der Waals surface area contributed by atoms with E-state index in [1.165, 1.54) is 0 Å². The van der Waals surface area contributed by atoms with E-state index in [4.69, 9.17) is 4.74 Å². The first-order chi connectivity index (χ1) is 14.0. The Morgan fingerprint density at radius 3 is 2.53 bits per heavy atom. The third-order valence-electron chi connectivity index (χ3n) is 4.67. The van der Waals surface area contributed by atoms with Crippen molar-refractivity contribution < 1.29 is 13.2 Å². The van der Waals surface area contributed by atoms with E-state index in [2.05, 4.69) is 27.5 Å². The van der Waals surface area contributed by atoms with Gasteiger partial charge < -0.3 is 15.4 Å². The number of nitrogens with one attached hydrogen (secondary N) is 2. The monoisotopic (exact) mass is 553 g/mol. The highest BCUT2D eigenvalue weighted by molar-refractivity contribution is 14.0. The Bertz CT molecular complexity index is 735. The molecule has 30 heavy (non-hydrogen) atoms. The van der Waals surface area contributed by atoms with Crippen molar-refractivity contribution in [2.45, 2.75) is 59.0 Å². The summed E-state index contributed by atoms with van der Waals surface area (Å²) in [6.07, 6.45) is 4.94. The van der Waals surface area contributed by atoms with E-state index in [0.717, 1.165) is 37.3 Å². The lowest BCUT2D eigenvalue weighted by Gasteiger charge is -2.32. The molecule has 0 amide bonds. The van der Waals surface area contributed by atoms with Gasteiger partial charge in [-0.2, -0.15) is 0 Å². The molecule has 2 heterocycles. The highest BCUT2D eigenvalue weighted by Crippen LogP contribution is 2.15. The summed E-state index contributed by atoms with van der Waals surface area (Å²) in [4.78, 5) is 8.96. The summed E-state index contributed by atoms with van der Waals surface area (Å²) in [7, 11) is -3.11. The first-order valence-electron chi connectivity index (χ1n) is 10.6. The number of guanidine groups is 1. The van der Waals surface area contributed by atoms with Gasteiger partial charge in [-0.25, -0.2) is 22.7 Å². The Kier molecular flexibility index (Phi) is 12.6. The largest absolute Gasteiger partial charge is 0.478 e. The van der Waals surface area contributed by atoms with Gasteiger partial charge in [0, 0.05) is 37.9 Å². The summed E-state index contributed by atoms with van der Waals surface area (Å²) >= 11 is 0. The SMILES string of the molecule is CCCOc1ccc(CN=C(NCC)NC2CCN(S(=O)(=O)CCC)CC2)cn1.I. The maximum Gasteiger partial charge on any atom is 0.214 e. The average Bonchev–Trinajstić information content (AvgIpc) is 2.72. The number of hydrogen-bond acceptors (Lipinski definition) is 5. The number of nitrogens with zero attached hydrogens (tertiary/aromatic N) is 3. The molecule has 1 saturated heterocycles. The lowest BCUT2D eigenvalue weighted by molar-refractivity contribution is 0.305. The highest BCUT2D eigenvalue weighted by Gasteiger charge is 2.27. The van der Waals surface area contributed by atoms with Crippen molar-refractivity contribution in [3.63, 3.8) is 0 Å². The van der Waals surface area contributed by atoms with Crippen LogP contribution in [0.15, 0.2) is 23.3 Å².